The maximum absolute atomic E-state index is 12.8. The minimum atomic E-state index is -0.496. The van der Waals surface area contributed by atoms with Gasteiger partial charge in [0.15, 0.2) is 0 Å². The number of likely N-dealkylation sites (N-methyl/N-ethyl adjacent to an activating group) is 1. The lowest BCUT2D eigenvalue weighted by Crippen LogP contribution is -2.56. The van der Waals surface area contributed by atoms with E-state index in [1.54, 1.807) is 6.92 Å². The smallest absolute Gasteiger partial charge is 0.306 e. The Morgan fingerprint density at radius 1 is 0.500 bits per heavy atom. The molecule has 0 amide bonds. The van der Waals surface area contributed by atoms with Crippen molar-refractivity contribution in [1.29, 1.82) is 0 Å². The molecule has 8 heteroatoms. The number of hydrogen-bond acceptors (Lipinski definition) is 7. The molecule has 346 valence electrons. The summed E-state index contributed by atoms with van der Waals surface area (Å²) in [6.07, 6.45) is 38.8. The zero-order valence-electron chi connectivity index (χ0n) is 39.7. The number of unbranched alkanes of at least 4 members (excludes halogenated alkanes) is 28. The summed E-state index contributed by atoms with van der Waals surface area (Å²) in [5.41, 5.74) is 0. The van der Waals surface area contributed by atoms with Gasteiger partial charge in [0.2, 0.25) is 0 Å². The van der Waals surface area contributed by atoms with E-state index >= 15 is 0 Å². The Bertz CT molecular complexity index is 845. The van der Waals surface area contributed by atoms with Crippen LogP contribution in [0.15, 0.2) is 0 Å². The van der Waals surface area contributed by atoms with E-state index in [0.29, 0.717) is 56.6 Å². The maximum Gasteiger partial charge on any atom is 0.306 e. The van der Waals surface area contributed by atoms with Crippen LogP contribution in [-0.2, 0) is 19.1 Å². The average Bonchev–Trinajstić information content (AvgIpc) is 3.16. The summed E-state index contributed by atoms with van der Waals surface area (Å²) in [5, 5.41) is 19.7. The normalized spacial score (nSPS) is 14.4. The minimum absolute atomic E-state index is 0.0249. The van der Waals surface area contributed by atoms with Gasteiger partial charge in [-0.1, -0.05) is 194 Å². The van der Waals surface area contributed by atoms with Gasteiger partial charge in [-0.15, -0.1) is 0 Å². The highest BCUT2D eigenvalue weighted by Gasteiger charge is 2.31. The molecule has 58 heavy (non-hydrogen) atoms. The SMILES string of the molecule is CCCCCCCCCCCCCCCCCC(=O)OC(C)C[N+](C)(CCN(CCO)CC(C)O)CC(C)OC(=O)CCCCCCCCCCCCCCCCC. The van der Waals surface area contributed by atoms with Crippen LogP contribution in [-0.4, -0.2) is 103 Å². The van der Waals surface area contributed by atoms with E-state index in [0.717, 1.165) is 25.7 Å². The summed E-state index contributed by atoms with van der Waals surface area (Å²) < 4.78 is 12.4. The first-order valence-electron chi connectivity index (χ1n) is 25.3. The molecule has 2 N–H and O–H groups in total. The molecule has 0 saturated carbocycles. The van der Waals surface area contributed by atoms with Gasteiger partial charge in [0, 0.05) is 32.5 Å². The second-order valence-electron chi connectivity index (χ2n) is 18.6. The fourth-order valence-electron chi connectivity index (χ4n) is 8.61. The molecule has 3 atom stereocenters. The fourth-order valence-corrected chi connectivity index (χ4v) is 8.61. The van der Waals surface area contributed by atoms with Crippen LogP contribution < -0.4 is 0 Å². The van der Waals surface area contributed by atoms with E-state index in [2.05, 4.69) is 25.8 Å². The number of aliphatic hydroxyl groups is 2. The van der Waals surface area contributed by atoms with Crippen LogP contribution in [0.5, 0.6) is 0 Å². The number of quaternary nitrogens is 1. The van der Waals surface area contributed by atoms with Crippen molar-refractivity contribution in [2.24, 2.45) is 0 Å². The Morgan fingerprint density at radius 2 is 0.793 bits per heavy atom. The first-order chi connectivity index (χ1) is 28.0. The molecule has 0 radical (unpaired) electrons. The molecular weight excluding hydrogens is 725 g/mol. The molecule has 0 aromatic rings. The Hall–Kier alpha value is -1.22. The number of ether oxygens (including phenoxy) is 2. The summed E-state index contributed by atoms with van der Waals surface area (Å²) in [5.74, 6) is -0.263. The van der Waals surface area contributed by atoms with Crippen molar-refractivity contribution in [3.8, 4) is 0 Å². The number of esters is 2. The van der Waals surface area contributed by atoms with Crippen molar-refractivity contribution in [3.05, 3.63) is 0 Å². The van der Waals surface area contributed by atoms with Gasteiger partial charge in [0.25, 0.3) is 0 Å². The molecule has 0 aliphatic heterocycles. The number of nitrogens with zero attached hydrogens (tertiary/aromatic N) is 2. The van der Waals surface area contributed by atoms with E-state index in [4.69, 9.17) is 9.47 Å². The Kier molecular flexibility index (Phi) is 40.3. The van der Waals surface area contributed by atoms with E-state index in [9.17, 15) is 19.8 Å². The van der Waals surface area contributed by atoms with Gasteiger partial charge in [0.05, 0.1) is 26.3 Å². The van der Waals surface area contributed by atoms with Crippen molar-refractivity contribution in [3.63, 3.8) is 0 Å². The Labute approximate surface area is 360 Å². The third kappa shape index (κ3) is 38.9. The number of carbonyl (C=O) groups excluding carboxylic acids is 2. The van der Waals surface area contributed by atoms with Gasteiger partial charge < -0.3 is 24.2 Å². The van der Waals surface area contributed by atoms with Gasteiger partial charge in [0.1, 0.15) is 25.3 Å². The summed E-state index contributed by atoms with van der Waals surface area (Å²) in [6, 6.07) is 0. The van der Waals surface area contributed by atoms with Gasteiger partial charge in [-0.3, -0.25) is 14.5 Å². The lowest BCUT2D eigenvalue weighted by molar-refractivity contribution is -0.914. The van der Waals surface area contributed by atoms with Crippen molar-refractivity contribution in [2.75, 3.05) is 52.9 Å². The lowest BCUT2D eigenvalue weighted by Gasteiger charge is -2.39. The van der Waals surface area contributed by atoms with Gasteiger partial charge in [-0.25, -0.2) is 0 Å². The zero-order valence-corrected chi connectivity index (χ0v) is 39.7. The van der Waals surface area contributed by atoms with Crippen LogP contribution in [0.25, 0.3) is 0 Å². The van der Waals surface area contributed by atoms with Crippen molar-refractivity contribution < 1.29 is 33.8 Å². The molecule has 0 aliphatic carbocycles. The highest BCUT2D eigenvalue weighted by Crippen LogP contribution is 2.17. The molecule has 0 bridgehead atoms. The van der Waals surface area contributed by atoms with Crippen LogP contribution in [0.2, 0.25) is 0 Å². The Morgan fingerprint density at radius 3 is 1.07 bits per heavy atom. The van der Waals surface area contributed by atoms with E-state index in [1.807, 2.05) is 13.8 Å². The van der Waals surface area contributed by atoms with E-state index in [-0.39, 0.29) is 30.8 Å². The summed E-state index contributed by atoms with van der Waals surface area (Å²) >= 11 is 0. The van der Waals surface area contributed by atoms with Gasteiger partial charge >= 0.3 is 11.9 Å². The van der Waals surface area contributed by atoms with Crippen LogP contribution in [0.4, 0.5) is 0 Å². The second-order valence-corrected chi connectivity index (χ2v) is 18.6. The number of carbonyl (C=O) groups is 2. The molecule has 0 aromatic heterocycles. The molecule has 0 aromatic carbocycles. The maximum atomic E-state index is 12.8. The van der Waals surface area contributed by atoms with Gasteiger partial charge in [-0.05, 0) is 33.6 Å². The Balaban J connectivity index is 4.50. The quantitative estimate of drug-likeness (QED) is 0.0359. The molecule has 0 aliphatic rings. The fraction of sp³-hybridized carbons (Fsp3) is 0.960. The van der Waals surface area contributed by atoms with Crippen LogP contribution in [0.3, 0.4) is 0 Å². The topological polar surface area (TPSA) is 96.3 Å². The molecule has 0 spiro atoms. The standard InChI is InChI=1S/C50H101N2O6/c1-7-9-11-13-15-17-19-21-23-25-27-29-31-33-35-37-49(55)57-47(4)44-52(6,41-39-51(40-42-53)43-46(3)54)45-48(5)58-50(56)38-36-34-32-30-28-26-24-22-20-18-16-14-12-10-8-2/h46-48,53-54H,7-45H2,1-6H3/q+1. The number of aliphatic hydroxyl groups excluding tert-OH is 2. The molecule has 0 saturated heterocycles. The second kappa shape index (κ2) is 41.1. The highest BCUT2D eigenvalue weighted by atomic mass is 16.5. The van der Waals surface area contributed by atoms with Crippen molar-refractivity contribution in [2.45, 2.75) is 258 Å². The third-order valence-corrected chi connectivity index (χ3v) is 11.9. The van der Waals surface area contributed by atoms with Crippen LogP contribution >= 0.6 is 0 Å². The minimum Gasteiger partial charge on any atom is -0.457 e. The summed E-state index contributed by atoms with van der Waals surface area (Å²) in [7, 11) is 2.14. The third-order valence-electron chi connectivity index (χ3n) is 11.9. The predicted molar refractivity (Wildman–Crippen MR) is 246 cm³/mol. The van der Waals surface area contributed by atoms with Crippen molar-refractivity contribution >= 4 is 11.9 Å². The van der Waals surface area contributed by atoms with Crippen molar-refractivity contribution in [1.82, 2.24) is 4.90 Å². The van der Waals surface area contributed by atoms with E-state index < -0.39 is 6.10 Å². The summed E-state index contributed by atoms with van der Waals surface area (Å²) in [4.78, 5) is 27.7. The van der Waals surface area contributed by atoms with Crippen LogP contribution in [0.1, 0.15) is 240 Å². The molecular formula is C50H101N2O6+. The predicted octanol–water partition coefficient (Wildman–Crippen LogP) is 12.5. The molecule has 3 unspecified atom stereocenters. The molecule has 0 fully saturated rings. The average molecular weight is 826 g/mol. The molecule has 0 heterocycles. The lowest BCUT2D eigenvalue weighted by atomic mass is 10.0. The number of rotatable bonds is 45. The zero-order chi connectivity index (χ0) is 43.0. The van der Waals surface area contributed by atoms with E-state index in [1.165, 1.54) is 167 Å². The van der Waals surface area contributed by atoms with Gasteiger partial charge in [-0.2, -0.15) is 0 Å². The first-order valence-corrected chi connectivity index (χ1v) is 25.3. The highest BCUT2D eigenvalue weighted by molar-refractivity contribution is 5.69. The number of hydrogen-bond donors (Lipinski definition) is 2. The summed E-state index contributed by atoms with van der Waals surface area (Å²) in [6.45, 7) is 13.8. The first kappa shape index (κ1) is 56.8. The monoisotopic (exact) mass is 826 g/mol. The molecule has 0 rings (SSSR count). The molecule has 8 nitrogen and oxygen atoms in total. The largest absolute Gasteiger partial charge is 0.457 e. The van der Waals surface area contributed by atoms with Crippen LogP contribution in [0, 0.1) is 0 Å².